The maximum Gasteiger partial charge on any atom is 0.259 e. The van der Waals surface area contributed by atoms with Crippen molar-refractivity contribution in [1.29, 1.82) is 0 Å². The molecule has 0 aliphatic carbocycles. The zero-order valence-electron chi connectivity index (χ0n) is 45.5. The standard InChI is InChI=1S/C22H23N7O2.C18H16N6OS.C17H16N4O2S/c1-13-3-4-14(19-24-12-25-28-19)9-17(13)18-10-15-11-23-22(26-16-5-7-31-8-6-16)27-20(15)29(2)21(18)30;1-10-4-5-11(15-20-9-21-23-15)6-13(10)14-7-12-8-19-18(26-3)22-16(12)24(2)17(14)25;1-9-4-5-10(14(18)22)6-12(9)13-7-11-8-19-17(24-3)20-15(11)21(2)16(13)23/h3-4,9-12,16H,5-8H2,1-2H3,(H,23,26,27)(H,24,25,28);4-9H,1-3H3,(H,20,21,23);4-8H,1-3H3,(H2,18,22). The van der Waals surface area contributed by atoms with Gasteiger partial charge in [-0.15, -0.1) is 0 Å². The molecule has 0 bridgehead atoms. The van der Waals surface area contributed by atoms with Gasteiger partial charge in [-0.05, 0) is 122 Å². The number of nitrogens with two attached hydrogens (primary N) is 1. The van der Waals surface area contributed by atoms with Gasteiger partial charge in [0.1, 0.15) is 29.6 Å². The van der Waals surface area contributed by atoms with Crippen molar-refractivity contribution >= 4 is 68.5 Å². The molecule has 1 aliphatic heterocycles. The molecule has 5 N–H and O–H groups in total. The summed E-state index contributed by atoms with van der Waals surface area (Å²) in [5, 5.41) is 20.5. The maximum absolute atomic E-state index is 13.3. The van der Waals surface area contributed by atoms with Crippen LogP contribution in [0, 0.1) is 20.8 Å². The first kappa shape index (κ1) is 55.1. The van der Waals surface area contributed by atoms with E-state index in [2.05, 4.69) is 65.6 Å². The summed E-state index contributed by atoms with van der Waals surface area (Å²) in [6.45, 7) is 7.33. The monoisotopic (exact) mass is 1120 g/mol. The number of primary amides is 1. The first-order valence-electron chi connectivity index (χ1n) is 25.5. The van der Waals surface area contributed by atoms with Crippen LogP contribution in [0.2, 0.25) is 0 Å². The zero-order chi connectivity index (χ0) is 57.1. The largest absolute Gasteiger partial charge is 0.381 e. The molecule has 0 unspecified atom stereocenters. The topological polar surface area (TPSA) is 291 Å². The number of aromatic nitrogens is 15. The van der Waals surface area contributed by atoms with Crippen molar-refractivity contribution in [2.75, 3.05) is 31.0 Å². The van der Waals surface area contributed by atoms with Crippen LogP contribution in [-0.2, 0) is 25.9 Å². The van der Waals surface area contributed by atoms with Crippen molar-refractivity contribution in [1.82, 2.24) is 74.0 Å². The zero-order valence-corrected chi connectivity index (χ0v) is 47.1. The normalized spacial score (nSPS) is 12.5. The smallest absolute Gasteiger partial charge is 0.259 e. The molecule has 1 aliphatic rings. The summed E-state index contributed by atoms with van der Waals surface area (Å²) in [6, 6.07) is 22.6. The summed E-state index contributed by atoms with van der Waals surface area (Å²) < 4.78 is 10.1. The van der Waals surface area contributed by atoms with Gasteiger partial charge in [0.2, 0.25) is 11.9 Å². The quantitative estimate of drug-likeness (QED) is 0.0756. The molecule has 1 amide bonds. The van der Waals surface area contributed by atoms with E-state index in [1.54, 1.807) is 73.1 Å². The number of carbonyl (C=O) groups is 1. The van der Waals surface area contributed by atoms with Crippen molar-refractivity contribution in [3.63, 3.8) is 0 Å². The number of aromatic amines is 2. The Morgan fingerprint density at radius 3 is 1.41 bits per heavy atom. The number of H-pyrrole nitrogens is 2. The van der Waals surface area contributed by atoms with E-state index in [4.69, 9.17) is 10.5 Å². The fourth-order valence-electron chi connectivity index (χ4n) is 9.45. The molecule has 81 heavy (non-hydrogen) atoms. The molecule has 1 fully saturated rings. The molecule has 0 atom stereocenters. The summed E-state index contributed by atoms with van der Waals surface area (Å²) in [6.07, 6.45) is 13.8. The molecule has 410 valence electrons. The molecule has 1 saturated heterocycles. The fraction of sp³-hybridized carbons (Fsp3) is 0.228. The van der Waals surface area contributed by atoms with Crippen molar-refractivity contribution in [3.8, 4) is 56.2 Å². The average molecular weight is 1120 g/mol. The number of pyridine rings is 3. The number of fused-ring (bicyclic) bond motifs is 3. The third-order valence-corrected chi connectivity index (χ3v) is 15.1. The van der Waals surface area contributed by atoms with Gasteiger partial charge in [-0.25, -0.2) is 34.9 Å². The summed E-state index contributed by atoms with van der Waals surface area (Å²) in [5.41, 5.74) is 15.9. The maximum atomic E-state index is 13.3. The van der Waals surface area contributed by atoms with E-state index in [0.29, 0.717) is 72.7 Å². The van der Waals surface area contributed by atoms with Gasteiger partial charge >= 0.3 is 0 Å². The number of rotatable bonds is 10. The first-order chi connectivity index (χ1) is 39.1. The number of carbonyl (C=O) groups excluding carboxylic acids is 1. The number of ether oxygens (including phenoxy) is 1. The summed E-state index contributed by atoms with van der Waals surface area (Å²) in [4.78, 5) is 85.5. The third-order valence-electron chi connectivity index (χ3n) is 14.0. The van der Waals surface area contributed by atoms with Gasteiger partial charge in [0.25, 0.3) is 16.7 Å². The van der Waals surface area contributed by atoms with Gasteiger partial charge < -0.3 is 15.8 Å². The Hall–Kier alpha value is -9.26. The number of amides is 1. The molecule has 3 aromatic carbocycles. The second-order valence-electron chi connectivity index (χ2n) is 19.2. The van der Waals surface area contributed by atoms with Crippen LogP contribution < -0.4 is 27.7 Å². The molecule has 0 saturated carbocycles. The highest BCUT2D eigenvalue weighted by molar-refractivity contribution is 7.98. The molecule has 24 heteroatoms. The van der Waals surface area contributed by atoms with E-state index < -0.39 is 5.91 Å². The van der Waals surface area contributed by atoms with E-state index in [-0.39, 0.29) is 22.7 Å². The Labute approximate surface area is 471 Å². The van der Waals surface area contributed by atoms with Gasteiger partial charge in [-0.2, -0.15) is 15.2 Å². The Bertz CT molecular complexity index is 4370. The molecule has 22 nitrogen and oxygen atoms in total. The second kappa shape index (κ2) is 23.6. The summed E-state index contributed by atoms with van der Waals surface area (Å²) in [7, 11) is 5.16. The number of nitrogens with one attached hydrogen (secondary N) is 3. The lowest BCUT2D eigenvalue weighted by Crippen LogP contribution is -2.29. The van der Waals surface area contributed by atoms with Crippen LogP contribution in [0.25, 0.3) is 89.3 Å². The van der Waals surface area contributed by atoms with Crippen LogP contribution in [-0.4, -0.2) is 112 Å². The van der Waals surface area contributed by atoms with Crippen molar-refractivity contribution in [2.24, 2.45) is 26.9 Å². The number of nitrogens with zero attached hydrogens (tertiary/aromatic N) is 13. The minimum absolute atomic E-state index is 0.0962. The Kier molecular flexibility index (Phi) is 16.0. The number of hydrogen-bond donors (Lipinski definition) is 4. The minimum Gasteiger partial charge on any atom is -0.381 e. The molecular weight excluding hydrogens is 1070 g/mol. The van der Waals surface area contributed by atoms with Crippen molar-refractivity contribution in [3.05, 3.63) is 157 Å². The summed E-state index contributed by atoms with van der Waals surface area (Å²) >= 11 is 2.87. The minimum atomic E-state index is -0.526. The molecule has 8 aromatic heterocycles. The molecule has 12 rings (SSSR count). The van der Waals surface area contributed by atoms with Gasteiger partial charge in [0, 0.05) is 109 Å². The van der Waals surface area contributed by atoms with Crippen molar-refractivity contribution < 1.29 is 9.53 Å². The lowest BCUT2D eigenvalue weighted by atomic mass is 9.98. The molecule has 11 aromatic rings. The molecular formula is C57H55N17O5S2. The molecule has 0 radical (unpaired) electrons. The average Bonchev–Trinajstić information content (AvgIpc) is 4.37. The lowest BCUT2D eigenvalue weighted by Gasteiger charge is -2.23. The van der Waals surface area contributed by atoms with Crippen LogP contribution in [0.15, 0.2) is 129 Å². The molecule has 0 spiro atoms. The van der Waals surface area contributed by atoms with E-state index in [0.717, 1.165) is 81.2 Å². The lowest BCUT2D eigenvalue weighted by molar-refractivity contribution is 0.0903. The predicted octanol–water partition coefficient (Wildman–Crippen LogP) is 7.62. The van der Waals surface area contributed by atoms with Gasteiger partial charge in [-0.1, -0.05) is 53.9 Å². The van der Waals surface area contributed by atoms with Crippen LogP contribution in [0.4, 0.5) is 5.95 Å². The fourth-order valence-corrected chi connectivity index (χ4v) is 10.1. The van der Waals surface area contributed by atoms with Crippen LogP contribution >= 0.6 is 23.5 Å². The van der Waals surface area contributed by atoms with Gasteiger partial charge in [0.15, 0.2) is 22.0 Å². The first-order valence-corrected chi connectivity index (χ1v) is 27.9. The number of hydrogen-bond acceptors (Lipinski definition) is 18. The van der Waals surface area contributed by atoms with Crippen LogP contribution in [0.1, 0.15) is 39.9 Å². The number of aryl methyl sites for hydroxylation is 6. The number of thioether (sulfide) groups is 2. The van der Waals surface area contributed by atoms with E-state index in [1.165, 1.54) is 40.7 Å². The Balaban J connectivity index is 0.000000138. The third kappa shape index (κ3) is 11.5. The van der Waals surface area contributed by atoms with E-state index in [9.17, 15) is 19.2 Å². The van der Waals surface area contributed by atoms with Gasteiger partial charge in [0.05, 0.1) is 0 Å². The van der Waals surface area contributed by atoms with E-state index in [1.807, 2.05) is 81.8 Å². The Morgan fingerprint density at radius 2 is 0.988 bits per heavy atom. The second-order valence-corrected chi connectivity index (χ2v) is 20.7. The predicted molar refractivity (Wildman–Crippen MR) is 315 cm³/mol. The number of benzene rings is 3. The molecule has 9 heterocycles. The SMILES string of the molecule is CSc1ncc2cc(-c3cc(-c4ncn[nH]4)ccc3C)c(=O)n(C)c2n1.CSc1ncc2cc(-c3cc(C(N)=O)ccc3C)c(=O)n(C)c2n1.Cc1ccc(-c2ncn[nH]2)cc1-c1cc2cnc(NC3CCOCC3)nc2n(C)c1=O. The highest BCUT2D eigenvalue weighted by Crippen LogP contribution is 2.31. The highest BCUT2D eigenvalue weighted by atomic mass is 32.2. The van der Waals surface area contributed by atoms with E-state index >= 15 is 0 Å². The number of anilines is 1. The summed E-state index contributed by atoms with van der Waals surface area (Å²) in [5.74, 6) is 1.33. The van der Waals surface area contributed by atoms with Crippen LogP contribution in [0.3, 0.4) is 0 Å². The van der Waals surface area contributed by atoms with Crippen LogP contribution in [0.5, 0.6) is 0 Å². The Morgan fingerprint density at radius 1 is 0.568 bits per heavy atom. The van der Waals surface area contributed by atoms with Gasteiger partial charge in [-0.3, -0.25) is 43.1 Å². The highest BCUT2D eigenvalue weighted by Gasteiger charge is 2.20. The van der Waals surface area contributed by atoms with Crippen molar-refractivity contribution in [2.45, 2.75) is 50.0 Å².